The minimum Gasteiger partial charge on any atom is -0.396 e. The number of aliphatic hydroxyl groups excluding tert-OH is 1. The lowest BCUT2D eigenvalue weighted by atomic mass is 10.1. The van der Waals surface area contributed by atoms with Crippen LogP contribution in [0.15, 0.2) is 118 Å². The largest absolute Gasteiger partial charge is 0.396 e. The summed E-state index contributed by atoms with van der Waals surface area (Å²) in [4.78, 5) is 40.1. The number of nitrogens with one attached hydrogen (secondary N) is 3. The molecule has 0 saturated carbocycles. The summed E-state index contributed by atoms with van der Waals surface area (Å²) in [6.07, 6.45) is 5.56. The summed E-state index contributed by atoms with van der Waals surface area (Å²) < 4.78 is 54.8. The summed E-state index contributed by atoms with van der Waals surface area (Å²) in [5.74, 6) is -0.271. The number of hydrogen-bond donors (Lipinski definition) is 4. The van der Waals surface area contributed by atoms with Gasteiger partial charge >= 0.3 is 0 Å². The number of fused-ring (bicyclic) bond motifs is 2. The number of aromatic nitrogens is 2. The van der Waals surface area contributed by atoms with E-state index in [-0.39, 0.29) is 45.8 Å². The van der Waals surface area contributed by atoms with Gasteiger partial charge in [-0.05, 0) is 110 Å². The molecule has 5 heterocycles. The van der Waals surface area contributed by atoms with E-state index in [2.05, 4.69) is 29.6 Å². The highest BCUT2D eigenvalue weighted by atomic mass is 35.5. The average Bonchev–Trinajstić information content (AvgIpc) is 4.13. The minimum absolute atomic E-state index is 0.0179. The summed E-state index contributed by atoms with van der Waals surface area (Å²) in [5, 5.41) is 17.7. The summed E-state index contributed by atoms with van der Waals surface area (Å²) in [6, 6.07) is 22.8. The van der Waals surface area contributed by atoms with Crippen LogP contribution in [-0.4, -0.2) is 82.0 Å². The van der Waals surface area contributed by atoms with Crippen molar-refractivity contribution in [3.63, 3.8) is 0 Å². The molecule has 3 aliphatic heterocycles. The third-order valence-electron chi connectivity index (χ3n) is 10.8. The van der Waals surface area contributed by atoms with Gasteiger partial charge in [-0.3, -0.25) is 19.0 Å². The van der Waals surface area contributed by atoms with Crippen molar-refractivity contribution in [1.29, 1.82) is 0 Å². The molecule has 0 bridgehead atoms. The zero-order valence-electron chi connectivity index (χ0n) is 33.2. The second-order valence-electron chi connectivity index (χ2n) is 14.6. The maximum absolute atomic E-state index is 13.2. The minimum atomic E-state index is -3.77. The number of nitrogens with zero attached hydrogens (tertiary/aromatic N) is 5. The Balaban J connectivity index is 0.000000173. The highest BCUT2D eigenvalue weighted by Crippen LogP contribution is 2.38. The quantitative estimate of drug-likeness (QED) is 0.0922. The van der Waals surface area contributed by atoms with Gasteiger partial charge in [0, 0.05) is 82.2 Å². The van der Waals surface area contributed by atoms with Gasteiger partial charge in [0.25, 0.3) is 20.0 Å². The van der Waals surface area contributed by atoms with E-state index in [4.69, 9.17) is 23.2 Å². The van der Waals surface area contributed by atoms with Crippen LogP contribution in [0.4, 0.5) is 33.0 Å². The average molecular weight is 968 g/mol. The fraction of sp³-hybridized carbons (Fsp3) is 0.238. The van der Waals surface area contributed by atoms with Crippen LogP contribution >= 0.6 is 45.9 Å². The van der Waals surface area contributed by atoms with Crippen LogP contribution in [0.25, 0.3) is 0 Å². The Hall–Kier alpha value is -5.28. The van der Waals surface area contributed by atoms with E-state index >= 15 is 0 Å². The van der Waals surface area contributed by atoms with Crippen LogP contribution in [0.3, 0.4) is 0 Å². The zero-order chi connectivity index (χ0) is 44.3. The van der Waals surface area contributed by atoms with Crippen LogP contribution in [0, 0.1) is 0 Å². The lowest BCUT2D eigenvalue weighted by Crippen LogP contribution is -2.44. The monoisotopic (exact) mass is 966 g/mol. The van der Waals surface area contributed by atoms with Crippen molar-refractivity contribution < 1.29 is 31.5 Å². The summed E-state index contributed by atoms with van der Waals surface area (Å²) >= 11 is 15.0. The summed E-state index contributed by atoms with van der Waals surface area (Å²) in [7, 11) is -7.50. The van der Waals surface area contributed by atoms with E-state index in [0.717, 1.165) is 46.9 Å². The number of sulfonamides is 2. The van der Waals surface area contributed by atoms with Gasteiger partial charge in [-0.15, -0.1) is 22.7 Å². The second-order valence-corrected chi connectivity index (χ2v) is 20.5. The van der Waals surface area contributed by atoms with Crippen LogP contribution in [0.1, 0.15) is 24.0 Å². The molecule has 15 nitrogen and oxygen atoms in total. The number of aliphatic hydroxyl groups is 1. The molecule has 4 aromatic carbocycles. The molecule has 1 fully saturated rings. The van der Waals surface area contributed by atoms with Crippen molar-refractivity contribution >= 4 is 111 Å². The SMILES string of the molecule is O=C(Nc1ccc(S(=O)(=O)Nc2nccs2)cc1)[C@H](CCO)N1CCc2c(Cl)cccc21.O=C1[C@@H](N2CCc3c(Cl)cccc32)CCN1c1ccc(S(=O)(=O)Nc2nccs2)cc1. The van der Waals surface area contributed by atoms with Gasteiger partial charge in [0.2, 0.25) is 11.8 Å². The Morgan fingerprint density at radius 1 is 0.762 bits per heavy atom. The standard InChI is InChI=1S/C21H21ClN4O4S2.C21H19ClN4O3S2/c22-17-2-1-3-18-16(17)8-11-26(18)19(9-12-27)20(28)24-14-4-6-15(7-5-14)32(29,30)25-21-23-10-13-31-21;22-17-2-1-3-18-16(17)8-11-26(18)19-9-12-25(20(19)27)14-4-6-15(7-5-14)31(28,29)24-21-23-10-13-30-21/h1-7,10,13,19,27H,8-9,11-12H2,(H,23,25)(H,24,28);1-7,10,13,19H,8-9,11-12H2,(H,23,24)/t2*19-/m00/s1. The number of amides is 2. The van der Waals surface area contributed by atoms with E-state index in [9.17, 15) is 31.5 Å². The topological polar surface area (TPSA) is 194 Å². The molecule has 1 saturated heterocycles. The molecule has 4 N–H and O–H groups in total. The Kier molecular flexibility index (Phi) is 13.2. The van der Waals surface area contributed by atoms with Crippen molar-refractivity contribution in [1.82, 2.24) is 9.97 Å². The first kappa shape index (κ1) is 44.3. The molecule has 2 atom stereocenters. The fourth-order valence-electron chi connectivity index (χ4n) is 7.89. The maximum Gasteiger partial charge on any atom is 0.263 e. The number of carbonyl (C=O) groups is 2. The van der Waals surface area contributed by atoms with Crippen LogP contribution in [0.2, 0.25) is 10.0 Å². The Morgan fingerprint density at radius 3 is 1.89 bits per heavy atom. The number of hydrogen-bond acceptors (Lipinski definition) is 13. The van der Waals surface area contributed by atoms with Gasteiger partial charge in [-0.2, -0.15) is 0 Å². The van der Waals surface area contributed by atoms with E-state index in [0.29, 0.717) is 41.0 Å². The van der Waals surface area contributed by atoms with Crippen LogP contribution in [0.5, 0.6) is 0 Å². The van der Waals surface area contributed by atoms with Crippen molar-refractivity contribution in [2.75, 3.05) is 55.7 Å². The molecule has 0 radical (unpaired) electrons. The normalized spacial score (nSPS) is 16.3. The molecule has 0 unspecified atom stereocenters. The van der Waals surface area contributed by atoms with E-state index in [1.165, 1.54) is 71.5 Å². The Morgan fingerprint density at radius 2 is 1.32 bits per heavy atom. The van der Waals surface area contributed by atoms with Crippen molar-refractivity contribution in [2.45, 2.75) is 47.6 Å². The van der Waals surface area contributed by atoms with Gasteiger partial charge in [-0.1, -0.05) is 35.3 Å². The molecular weight excluding hydrogens is 928 g/mol. The highest BCUT2D eigenvalue weighted by Gasteiger charge is 2.39. The smallest absolute Gasteiger partial charge is 0.263 e. The molecule has 0 spiro atoms. The molecule has 6 aromatic rings. The van der Waals surface area contributed by atoms with Crippen molar-refractivity contribution in [2.24, 2.45) is 0 Å². The molecule has 63 heavy (non-hydrogen) atoms. The number of rotatable bonds is 13. The first-order chi connectivity index (χ1) is 30.3. The lowest BCUT2D eigenvalue weighted by molar-refractivity contribution is -0.118. The van der Waals surface area contributed by atoms with Crippen molar-refractivity contribution in [3.8, 4) is 0 Å². The number of thiazole rings is 2. The van der Waals surface area contributed by atoms with E-state index in [1.54, 1.807) is 27.8 Å². The van der Waals surface area contributed by atoms with Gasteiger partial charge < -0.3 is 25.1 Å². The van der Waals surface area contributed by atoms with Gasteiger partial charge in [0.1, 0.15) is 12.1 Å². The first-order valence-electron chi connectivity index (χ1n) is 19.7. The molecule has 2 aromatic heterocycles. The van der Waals surface area contributed by atoms with E-state index in [1.807, 2.05) is 41.3 Å². The number of carbonyl (C=O) groups excluding carboxylic acids is 2. The van der Waals surface area contributed by atoms with Crippen LogP contribution < -0.4 is 29.5 Å². The molecule has 3 aliphatic rings. The molecular formula is C42H40Cl2N8O7S4. The maximum atomic E-state index is 13.2. The predicted octanol–water partition coefficient (Wildman–Crippen LogP) is 7.11. The van der Waals surface area contributed by atoms with Crippen LogP contribution in [-0.2, 0) is 42.5 Å². The van der Waals surface area contributed by atoms with Gasteiger partial charge in [0.15, 0.2) is 10.3 Å². The first-order valence-corrected chi connectivity index (χ1v) is 25.2. The number of halogens is 2. The second kappa shape index (κ2) is 18.8. The number of benzene rings is 4. The fourth-order valence-corrected chi connectivity index (χ4v) is 12.0. The van der Waals surface area contributed by atoms with Gasteiger partial charge in [-0.25, -0.2) is 26.8 Å². The van der Waals surface area contributed by atoms with Gasteiger partial charge in [0.05, 0.1) is 9.79 Å². The number of anilines is 6. The summed E-state index contributed by atoms with van der Waals surface area (Å²) in [5.41, 5.74) is 5.15. The van der Waals surface area contributed by atoms with Crippen molar-refractivity contribution in [3.05, 3.63) is 129 Å². The molecule has 21 heteroatoms. The third kappa shape index (κ3) is 9.64. The highest BCUT2D eigenvalue weighted by molar-refractivity contribution is 7.93. The molecule has 2 amide bonds. The lowest BCUT2D eigenvalue weighted by Gasteiger charge is -2.29. The van der Waals surface area contributed by atoms with E-state index < -0.39 is 26.1 Å². The molecule has 328 valence electrons. The molecule has 0 aliphatic carbocycles. The third-order valence-corrected chi connectivity index (χ3v) is 15.9. The Labute approximate surface area is 382 Å². The zero-order valence-corrected chi connectivity index (χ0v) is 38.0. The summed E-state index contributed by atoms with van der Waals surface area (Å²) in [6.45, 7) is 1.82. The molecule has 9 rings (SSSR count). The Bertz CT molecular complexity index is 2820. The predicted molar refractivity (Wildman–Crippen MR) is 249 cm³/mol.